The van der Waals surface area contributed by atoms with Crippen molar-refractivity contribution < 1.29 is 4.52 Å². The fourth-order valence-corrected chi connectivity index (χ4v) is 2.44. The van der Waals surface area contributed by atoms with Crippen molar-refractivity contribution in [1.82, 2.24) is 10.1 Å². The highest BCUT2D eigenvalue weighted by atomic mass is 35.5. The number of aromatic nitrogens is 2. The summed E-state index contributed by atoms with van der Waals surface area (Å²) in [6.07, 6.45) is 0. The quantitative estimate of drug-likeness (QED) is 0.776. The van der Waals surface area contributed by atoms with E-state index < -0.39 is 0 Å². The van der Waals surface area contributed by atoms with Crippen LogP contribution < -0.4 is 5.73 Å². The fourth-order valence-electron chi connectivity index (χ4n) is 1.58. The summed E-state index contributed by atoms with van der Waals surface area (Å²) in [5.41, 5.74) is 7.31. The highest BCUT2D eigenvalue weighted by Crippen LogP contribution is 2.32. The van der Waals surface area contributed by atoms with Gasteiger partial charge in [-0.25, -0.2) is 0 Å². The van der Waals surface area contributed by atoms with Crippen molar-refractivity contribution in [2.45, 2.75) is 0 Å². The number of hydrogen-bond acceptors (Lipinski definition) is 5. The first-order chi connectivity index (χ1) is 8.75. The normalized spacial score (nSPS) is 10.7. The Morgan fingerprint density at radius 3 is 2.72 bits per heavy atom. The van der Waals surface area contributed by atoms with Crippen LogP contribution in [0.25, 0.3) is 22.8 Å². The number of thiophene rings is 1. The molecule has 90 valence electrons. The first-order valence-corrected chi connectivity index (χ1v) is 6.43. The standard InChI is InChI=1S/C12H8ClN3OS/c13-9-4-2-1-3-7(9)11-15-12(17-16-11)8-5-6-18-10(8)14/h1-6H,14H2. The smallest absolute Gasteiger partial charge is 0.261 e. The Kier molecular flexibility index (Phi) is 2.77. The second-order valence-corrected chi connectivity index (χ2v) is 4.96. The Labute approximate surface area is 112 Å². The van der Waals surface area contributed by atoms with E-state index in [1.54, 1.807) is 6.07 Å². The van der Waals surface area contributed by atoms with Gasteiger partial charge in [-0.1, -0.05) is 28.9 Å². The van der Waals surface area contributed by atoms with E-state index in [4.69, 9.17) is 21.9 Å². The van der Waals surface area contributed by atoms with E-state index >= 15 is 0 Å². The third kappa shape index (κ3) is 1.87. The van der Waals surface area contributed by atoms with Gasteiger partial charge in [0.15, 0.2) is 0 Å². The Bertz CT molecular complexity index is 692. The van der Waals surface area contributed by atoms with Gasteiger partial charge in [0, 0.05) is 5.56 Å². The van der Waals surface area contributed by atoms with Crippen molar-refractivity contribution in [3.63, 3.8) is 0 Å². The Morgan fingerprint density at radius 2 is 2.00 bits per heavy atom. The van der Waals surface area contributed by atoms with E-state index in [1.165, 1.54) is 11.3 Å². The molecular formula is C12H8ClN3OS. The molecule has 2 aromatic heterocycles. The van der Waals surface area contributed by atoms with E-state index in [9.17, 15) is 0 Å². The van der Waals surface area contributed by atoms with Gasteiger partial charge in [-0.2, -0.15) is 4.98 Å². The molecule has 2 N–H and O–H groups in total. The lowest BCUT2D eigenvalue weighted by Crippen LogP contribution is -1.84. The van der Waals surface area contributed by atoms with Crippen molar-refractivity contribution in [2.75, 3.05) is 5.73 Å². The largest absolute Gasteiger partial charge is 0.390 e. The molecule has 0 spiro atoms. The van der Waals surface area contributed by atoms with Crippen LogP contribution in [0, 0.1) is 0 Å². The number of nitrogens with two attached hydrogens (primary N) is 1. The van der Waals surface area contributed by atoms with Crippen LogP contribution in [0.4, 0.5) is 5.00 Å². The topological polar surface area (TPSA) is 64.9 Å². The summed E-state index contributed by atoms with van der Waals surface area (Å²) in [6.45, 7) is 0. The molecule has 3 aromatic rings. The lowest BCUT2D eigenvalue weighted by atomic mass is 10.2. The van der Waals surface area contributed by atoms with Crippen LogP contribution in [0.2, 0.25) is 5.02 Å². The van der Waals surface area contributed by atoms with Gasteiger partial charge in [-0.15, -0.1) is 11.3 Å². The third-order valence-corrected chi connectivity index (χ3v) is 3.54. The maximum absolute atomic E-state index is 6.08. The van der Waals surface area contributed by atoms with Gasteiger partial charge in [-0.05, 0) is 23.6 Å². The van der Waals surface area contributed by atoms with Crippen LogP contribution in [-0.2, 0) is 0 Å². The summed E-state index contributed by atoms with van der Waals surface area (Å²) in [7, 11) is 0. The SMILES string of the molecule is Nc1sccc1-c1nc(-c2ccccc2Cl)no1. The molecule has 1 aromatic carbocycles. The monoisotopic (exact) mass is 277 g/mol. The van der Waals surface area contributed by atoms with Crippen LogP contribution in [0.5, 0.6) is 0 Å². The number of halogens is 1. The van der Waals surface area contributed by atoms with Crippen LogP contribution >= 0.6 is 22.9 Å². The lowest BCUT2D eigenvalue weighted by Gasteiger charge is -1.95. The van der Waals surface area contributed by atoms with Crippen LogP contribution in [0.3, 0.4) is 0 Å². The van der Waals surface area contributed by atoms with Crippen molar-refractivity contribution in [1.29, 1.82) is 0 Å². The van der Waals surface area contributed by atoms with Gasteiger partial charge in [-0.3, -0.25) is 0 Å². The molecule has 2 heterocycles. The predicted octanol–water partition coefficient (Wildman–Crippen LogP) is 3.70. The average Bonchev–Trinajstić information content (AvgIpc) is 2.98. The molecule has 0 atom stereocenters. The number of nitrogens with zero attached hydrogens (tertiary/aromatic N) is 2. The number of hydrogen-bond donors (Lipinski definition) is 1. The van der Waals surface area contributed by atoms with E-state index in [-0.39, 0.29) is 0 Å². The van der Waals surface area contributed by atoms with Gasteiger partial charge in [0.2, 0.25) is 5.82 Å². The average molecular weight is 278 g/mol. The van der Waals surface area contributed by atoms with Crippen molar-refractivity contribution >= 4 is 27.9 Å². The summed E-state index contributed by atoms with van der Waals surface area (Å²) < 4.78 is 5.21. The van der Waals surface area contributed by atoms with Crippen LogP contribution in [0.15, 0.2) is 40.2 Å². The number of rotatable bonds is 2. The van der Waals surface area contributed by atoms with Gasteiger partial charge in [0.25, 0.3) is 5.89 Å². The molecule has 0 saturated carbocycles. The summed E-state index contributed by atoms with van der Waals surface area (Å²) >= 11 is 7.51. The fraction of sp³-hybridized carbons (Fsp3) is 0. The molecule has 0 aliphatic carbocycles. The van der Waals surface area contributed by atoms with E-state index in [0.717, 1.165) is 11.1 Å². The molecule has 0 aliphatic rings. The van der Waals surface area contributed by atoms with Gasteiger partial charge < -0.3 is 10.3 Å². The highest BCUT2D eigenvalue weighted by Gasteiger charge is 2.15. The lowest BCUT2D eigenvalue weighted by molar-refractivity contribution is 0.432. The number of anilines is 1. The molecule has 3 rings (SSSR count). The zero-order valence-electron chi connectivity index (χ0n) is 9.13. The summed E-state index contributed by atoms with van der Waals surface area (Å²) in [5, 5.41) is 7.04. The molecule has 0 bridgehead atoms. The first-order valence-electron chi connectivity index (χ1n) is 5.17. The summed E-state index contributed by atoms with van der Waals surface area (Å²) in [4.78, 5) is 4.31. The van der Waals surface area contributed by atoms with Gasteiger partial charge in [0.05, 0.1) is 15.6 Å². The molecule has 0 saturated heterocycles. The maximum atomic E-state index is 6.08. The minimum Gasteiger partial charge on any atom is -0.390 e. The first kappa shape index (κ1) is 11.3. The maximum Gasteiger partial charge on any atom is 0.261 e. The van der Waals surface area contributed by atoms with Crippen molar-refractivity contribution in [3.8, 4) is 22.8 Å². The minimum absolute atomic E-state index is 0.406. The van der Waals surface area contributed by atoms with Gasteiger partial charge in [0.1, 0.15) is 0 Å². The Balaban J connectivity index is 2.05. The predicted molar refractivity (Wildman–Crippen MR) is 72.5 cm³/mol. The van der Waals surface area contributed by atoms with E-state index in [0.29, 0.717) is 21.7 Å². The zero-order valence-corrected chi connectivity index (χ0v) is 10.7. The van der Waals surface area contributed by atoms with Crippen LogP contribution in [-0.4, -0.2) is 10.1 Å². The van der Waals surface area contributed by atoms with E-state index in [2.05, 4.69) is 10.1 Å². The summed E-state index contributed by atoms with van der Waals surface area (Å²) in [6, 6.07) is 9.20. The van der Waals surface area contributed by atoms with Crippen molar-refractivity contribution in [2.24, 2.45) is 0 Å². The molecule has 0 radical (unpaired) electrons. The Morgan fingerprint density at radius 1 is 1.17 bits per heavy atom. The highest BCUT2D eigenvalue weighted by molar-refractivity contribution is 7.14. The number of nitrogen functional groups attached to an aromatic ring is 1. The van der Waals surface area contributed by atoms with Gasteiger partial charge >= 0.3 is 0 Å². The molecule has 0 fully saturated rings. The van der Waals surface area contributed by atoms with E-state index in [1.807, 2.05) is 29.6 Å². The third-order valence-electron chi connectivity index (χ3n) is 2.47. The molecule has 0 amide bonds. The molecule has 0 unspecified atom stereocenters. The molecule has 0 aliphatic heterocycles. The molecule has 4 nitrogen and oxygen atoms in total. The Hall–Kier alpha value is -1.85. The molecule has 18 heavy (non-hydrogen) atoms. The molecule has 6 heteroatoms. The second kappa shape index (κ2) is 4.44. The molecular weight excluding hydrogens is 270 g/mol. The summed E-state index contributed by atoms with van der Waals surface area (Å²) in [5.74, 6) is 0.866. The van der Waals surface area contributed by atoms with Crippen molar-refractivity contribution in [3.05, 3.63) is 40.7 Å². The number of benzene rings is 1. The second-order valence-electron chi connectivity index (χ2n) is 3.60. The minimum atomic E-state index is 0.406. The zero-order chi connectivity index (χ0) is 12.5. The van der Waals surface area contributed by atoms with Crippen LogP contribution in [0.1, 0.15) is 0 Å².